The molecule has 4 atom stereocenters. The van der Waals surface area contributed by atoms with Gasteiger partial charge in [-0.2, -0.15) is 0 Å². The highest BCUT2D eigenvalue weighted by atomic mass is 15.2. The van der Waals surface area contributed by atoms with Gasteiger partial charge in [0.1, 0.15) is 0 Å². The van der Waals surface area contributed by atoms with Crippen LogP contribution < -0.4 is 0 Å². The molecule has 0 N–H and O–H groups in total. The van der Waals surface area contributed by atoms with Crippen LogP contribution in [0, 0.1) is 11.8 Å². The summed E-state index contributed by atoms with van der Waals surface area (Å²) in [5.74, 6) is 1.46. The molecule has 2 heterocycles. The van der Waals surface area contributed by atoms with Crippen molar-refractivity contribution in [3.63, 3.8) is 0 Å². The van der Waals surface area contributed by atoms with Gasteiger partial charge in [0.05, 0.1) is 0 Å². The van der Waals surface area contributed by atoms with Gasteiger partial charge in [0.25, 0.3) is 0 Å². The van der Waals surface area contributed by atoms with Gasteiger partial charge in [-0.25, -0.2) is 0 Å². The molecule has 1 fully saturated rings. The van der Waals surface area contributed by atoms with Crippen LogP contribution in [-0.2, 0) is 12.8 Å². The van der Waals surface area contributed by atoms with E-state index in [-0.39, 0.29) is 0 Å². The van der Waals surface area contributed by atoms with E-state index < -0.39 is 0 Å². The molecule has 0 radical (unpaired) electrons. The van der Waals surface area contributed by atoms with Gasteiger partial charge in [0.2, 0.25) is 0 Å². The predicted molar refractivity (Wildman–Crippen MR) is 159 cm³/mol. The standard InChI is InChI=1S/C36H44N2/c1-7-19-31-25(13-1)26-14-2-8-20-32(26)37(31)35-23-11-5-17-29(35)30-18-6-12-24-36(30)38-33-21-9-3-15-27(33)28-16-4-10-22-34(28)38/h1,5,8-9,11,13,20-21,28-29,34-35H,2-4,6-7,10,12,14-19,22-24H2. The summed E-state index contributed by atoms with van der Waals surface area (Å²) in [5, 5.41) is 0. The smallest absolute Gasteiger partial charge is 0.0447 e. The van der Waals surface area contributed by atoms with Crippen LogP contribution in [0.15, 0.2) is 59.0 Å². The Morgan fingerprint density at radius 3 is 2.42 bits per heavy atom. The molecule has 38 heavy (non-hydrogen) atoms. The Morgan fingerprint density at radius 1 is 0.605 bits per heavy atom. The maximum atomic E-state index is 2.96. The van der Waals surface area contributed by atoms with Gasteiger partial charge in [0, 0.05) is 46.7 Å². The van der Waals surface area contributed by atoms with E-state index in [0.717, 1.165) is 12.0 Å². The summed E-state index contributed by atoms with van der Waals surface area (Å²) < 4.78 is 2.87. The fraction of sp³-hybridized carbons (Fsp3) is 0.556. The van der Waals surface area contributed by atoms with Gasteiger partial charge in [-0.3, -0.25) is 0 Å². The van der Waals surface area contributed by atoms with E-state index in [4.69, 9.17) is 0 Å². The first-order valence-electron chi connectivity index (χ1n) is 16.0. The summed E-state index contributed by atoms with van der Waals surface area (Å²) in [4.78, 5) is 2.96. The zero-order valence-corrected chi connectivity index (χ0v) is 23.1. The van der Waals surface area contributed by atoms with Crippen LogP contribution in [0.2, 0.25) is 0 Å². The Balaban J connectivity index is 1.26. The molecule has 7 aliphatic rings. The lowest BCUT2D eigenvalue weighted by Crippen LogP contribution is -2.38. The molecular weight excluding hydrogens is 460 g/mol. The molecule has 1 aromatic rings. The minimum absolute atomic E-state index is 0.565. The summed E-state index contributed by atoms with van der Waals surface area (Å²) in [6.45, 7) is 0. The first kappa shape index (κ1) is 23.4. The third-order valence-electron chi connectivity index (χ3n) is 11.1. The number of allylic oxidation sites excluding steroid dienone is 8. The van der Waals surface area contributed by atoms with Crippen LogP contribution in [0.1, 0.15) is 118 Å². The van der Waals surface area contributed by atoms with E-state index in [2.05, 4.69) is 58.1 Å². The molecule has 4 unspecified atom stereocenters. The molecule has 0 bridgehead atoms. The molecular formula is C36H44N2. The number of rotatable bonds is 3. The van der Waals surface area contributed by atoms with E-state index in [1.54, 1.807) is 33.9 Å². The molecule has 2 heteroatoms. The van der Waals surface area contributed by atoms with E-state index >= 15 is 0 Å². The third-order valence-corrected chi connectivity index (χ3v) is 11.1. The second-order valence-electron chi connectivity index (χ2n) is 13.0. The first-order chi connectivity index (χ1) is 18.9. The summed E-state index contributed by atoms with van der Waals surface area (Å²) >= 11 is 0. The monoisotopic (exact) mass is 504 g/mol. The molecule has 0 spiro atoms. The molecule has 1 saturated carbocycles. The molecule has 198 valence electrons. The van der Waals surface area contributed by atoms with E-state index in [0.29, 0.717) is 12.0 Å². The number of aromatic nitrogens is 1. The largest absolute Gasteiger partial charge is 0.342 e. The van der Waals surface area contributed by atoms with Gasteiger partial charge >= 0.3 is 0 Å². The fourth-order valence-corrected chi connectivity index (χ4v) is 9.53. The second kappa shape index (κ2) is 9.61. The Morgan fingerprint density at radius 2 is 1.42 bits per heavy atom. The lowest BCUT2D eigenvalue weighted by atomic mass is 9.76. The predicted octanol–water partition coefficient (Wildman–Crippen LogP) is 9.22. The number of nitrogens with zero attached hydrogens (tertiary/aromatic N) is 2. The molecule has 1 aliphatic heterocycles. The molecule has 0 saturated heterocycles. The highest BCUT2D eigenvalue weighted by molar-refractivity contribution is 5.69. The van der Waals surface area contributed by atoms with Crippen molar-refractivity contribution in [3.8, 4) is 0 Å². The fourth-order valence-electron chi connectivity index (χ4n) is 9.53. The first-order valence-corrected chi connectivity index (χ1v) is 16.0. The zero-order chi connectivity index (χ0) is 25.1. The summed E-state index contributed by atoms with van der Waals surface area (Å²) in [6.07, 6.45) is 40.6. The molecule has 8 rings (SSSR count). The molecule has 2 nitrogen and oxygen atoms in total. The normalized spacial score (nSPS) is 31.9. The maximum Gasteiger partial charge on any atom is 0.0447 e. The van der Waals surface area contributed by atoms with Gasteiger partial charge < -0.3 is 9.47 Å². The summed E-state index contributed by atoms with van der Waals surface area (Å²) in [6, 6.07) is 1.30. The van der Waals surface area contributed by atoms with Crippen molar-refractivity contribution < 1.29 is 0 Å². The minimum Gasteiger partial charge on any atom is -0.342 e. The van der Waals surface area contributed by atoms with Crippen LogP contribution in [-0.4, -0.2) is 15.5 Å². The quantitative estimate of drug-likeness (QED) is 0.372. The summed E-state index contributed by atoms with van der Waals surface area (Å²) in [5.41, 5.74) is 13.5. The third kappa shape index (κ3) is 3.58. The van der Waals surface area contributed by atoms with Crippen LogP contribution >= 0.6 is 0 Å². The average molecular weight is 505 g/mol. The minimum atomic E-state index is 0.565. The lowest BCUT2D eigenvalue weighted by molar-refractivity contribution is 0.212. The van der Waals surface area contributed by atoms with Crippen molar-refractivity contribution in [2.45, 2.75) is 115 Å². The van der Waals surface area contributed by atoms with Gasteiger partial charge in [-0.05, 0) is 124 Å². The summed E-state index contributed by atoms with van der Waals surface area (Å²) in [7, 11) is 0. The van der Waals surface area contributed by atoms with Crippen molar-refractivity contribution in [1.29, 1.82) is 0 Å². The van der Waals surface area contributed by atoms with Crippen LogP contribution in [0.5, 0.6) is 0 Å². The van der Waals surface area contributed by atoms with Crippen LogP contribution in [0.3, 0.4) is 0 Å². The molecule has 0 amide bonds. The SMILES string of the molecule is C1=CC2=C(CC1)C1CCCCC1N2C1=C(C2CC=CCC2n2c3c(c4c2CCC=C4)CCC=C3)CCCC1. The molecule has 6 aliphatic carbocycles. The topological polar surface area (TPSA) is 8.17 Å². The van der Waals surface area contributed by atoms with Crippen LogP contribution in [0.4, 0.5) is 0 Å². The van der Waals surface area contributed by atoms with E-state index in [1.807, 2.05) is 11.1 Å². The average Bonchev–Trinajstić information content (AvgIpc) is 3.50. The van der Waals surface area contributed by atoms with E-state index in [1.165, 1.54) is 103 Å². The number of fused-ring (bicyclic) bond motifs is 5. The van der Waals surface area contributed by atoms with Crippen molar-refractivity contribution in [2.24, 2.45) is 11.8 Å². The van der Waals surface area contributed by atoms with Crippen molar-refractivity contribution in [1.82, 2.24) is 9.47 Å². The highest BCUT2D eigenvalue weighted by Crippen LogP contribution is 2.52. The van der Waals surface area contributed by atoms with Gasteiger partial charge in [-0.1, -0.05) is 49.3 Å². The van der Waals surface area contributed by atoms with Gasteiger partial charge in [-0.15, -0.1) is 0 Å². The van der Waals surface area contributed by atoms with E-state index in [9.17, 15) is 0 Å². The Kier molecular flexibility index (Phi) is 5.92. The van der Waals surface area contributed by atoms with Crippen molar-refractivity contribution in [3.05, 3.63) is 81.5 Å². The number of hydrogen-bond acceptors (Lipinski definition) is 1. The Hall–Kier alpha value is -2.48. The Bertz CT molecular complexity index is 1310. The zero-order valence-electron chi connectivity index (χ0n) is 23.1. The molecule has 1 aromatic heterocycles. The van der Waals surface area contributed by atoms with Crippen LogP contribution in [0.25, 0.3) is 12.2 Å². The van der Waals surface area contributed by atoms with Crippen molar-refractivity contribution in [2.75, 3.05) is 0 Å². The number of hydrogen-bond donors (Lipinski definition) is 0. The van der Waals surface area contributed by atoms with Crippen molar-refractivity contribution >= 4 is 12.2 Å². The maximum absolute atomic E-state index is 2.96. The molecule has 0 aromatic carbocycles. The second-order valence-corrected chi connectivity index (χ2v) is 13.0. The Labute approximate surface area is 229 Å². The lowest BCUT2D eigenvalue weighted by Gasteiger charge is -2.42. The highest BCUT2D eigenvalue weighted by Gasteiger charge is 2.44. The van der Waals surface area contributed by atoms with Gasteiger partial charge in [0.15, 0.2) is 0 Å².